The fourth-order valence-electron chi connectivity index (χ4n) is 2.10. The van der Waals surface area contributed by atoms with E-state index < -0.39 is 0 Å². The van der Waals surface area contributed by atoms with Crippen molar-refractivity contribution in [3.63, 3.8) is 0 Å². The van der Waals surface area contributed by atoms with Crippen LogP contribution in [-0.4, -0.2) is 16.5 Å². The Morgan fingerprint density at radius 1 is 1.00 bits per heavy atom. The number of hydrogen-bond acceptors (Lipinski definition) is 5. The zero-order chi connectivity index (χ0) is 14.5. The summed E-state index contributed by atoms with van der Waals surface area (Å²) in [4.78, 5) is 8.37. The van der Waals surface area contributed by atoms with E-state index in [0.717, 1.165) is 36.1 Å². The molecular weight excluding hydrogens is 274 g/mol. The van der Waals surface area contributed by atoms with Gasteiger partial charge in [0.15, 0.2) is 0 Å². The minimum Gasteiger partial charge on any atom is -0.383 e. The largest absolute Gasteiger partial charge is 0.383 e. The highest BCUT2D eigenvalue weighted by Gasteiger charge is 2.13. The normalized spacial score (nSPS) is 10.7. The number of nitrogen functional groups attached to an aromatic ring is 2. The van der Waals surface area contributed by atoms with Crippen molar-refractivity contribution in [1.82, 2.24) is 9.97 Å². The monoisotopic (exact) mass is 291 g/mol. The lowest BCUT2D eigenvalue weighted by Gasteiger charge is -2.12. The Labute approximate surface area is 123 Å². The van der Waals surface area contributed by atoms with Crippen LogP contribution in [0.3, 0.4) is 0 Å². The van der Waals surface area contributed by atoms with E-state index in [1.807, 2.05) is 24.3 Å². The summed E-state index contributed by atoms with van der Waals surface area (Å²) >= 11 is 5.91. The quantitative estimate of drug-likeness (QED) is 0.733. The molecule has 106 valence electrons. The Bertz CT molecular complexity index is 583. The summed E-state index contributed by atoms with van der Waals surface area (Å²) < 4.78 is 0. The number of halogens is 1. The van der Waals surface area contributed by atoms with Crippen LogP contribution in [0.4, 0.5) is 11.8 Å². The second-order valence-corrected chi connectivity index (χ2v) is 4.98. The molecule has 0 saturated carbocycles. The highest BCUT2D eigenvalue weighted by atomic mass is 35.5. The molecule has 2 rings (SSSR count). The molecule has 0 saturated heterocycles. The van der Waals surface area contributed by atoms with Crippen molar-refractivity contribution in [3.05, 3.63) is 35.0 Å². The molecule has 6 N–H and O–H groups in total. The summed E-state index contributed by atoms with van der Waals surface area (Å²) in [6, 6.07) is 7.44. The summed E-state index contributed by atoms with van der Waals surface area (Å²) in [5, 5.41) is 0.674. The molecule has 1 aromatic heterocycles. The number of aromatic nitrogens is 2. The molecule has 0 spiro atoms. The van der Waals surface area contributed by atoms with Crippen molar-refractivity contribution < 1.29 is 0 Å². The molecule has 6 heteroatoms. The second-order valence-electron chi connectivity index (χ2n) is 4.54. The molecule has 0 atom stereocenters. The van der Waals surface area contributed by atoms with Crippen molar-refractivity contribution in [2.45, 2.75) is 19.3 Å². The van der Waals surface area contributed by atoms with Crippen LogP contribution in [0.1, 0.15) is 18.5 Å². The van der Waals surface area contributed by atoms with Gasteiger partial charge in [0.2, 0.25) is 5.95 Å². The number of aryl methyl sites for hydroxylation is 1. The van der Waals surface area contributed by atoms with E-state index in [9.17, 15) is 0 Å². The maximum Gasteiger partial charge on any atom is 0.222 e. The lowest BCUT2D eigenvalue weighted by Crippen LogP contribution is -2.07. The molecule has 2 aromatic rings. The van der Waals surface area contributed by atoms with Crippen molar-refractivity contribution >= 4 is 23.4 Å². The first-order valence-corrected chi connectivity index (χ1v) is 6.87. The number of nitrogens with two attached hydrogens (primary N) is 3. The fourth-order valence-corrected chi connectivity index (χ4v) is 2.22. The molecule has 0 unspecified atom stereocenters. The van der Waals surface area contributed by atoms with E-state index in [4.69, 9.17) is 28.8 Å². The Morgan fingerprint density at radius 3 is 2.35 bits per heavy atom. The molecule has 0 radical (unpaired) electrons. The number of unbranched alkanes of at least 4 members (excludes halogenated alkanes) is 1. The molecule has 0 aliphatic carbocycles. The van der Waals surface area contributed by atoms with Gasteiger partial charge in [0.1, 0.15) is 5.82 Å². The van der Waals surface area contributed by atoms with Crippen LogP contribution < -0.4 is 17.2 Å². The van der Waals surface area contributed by atoms with E-state index >= 15 is 0 Å². The van der Waals surface area contributed by atoms with Crippen molar-refractivity contribution in [2.24, 2.45) is 5.73 Å². The predicted octanol–water partition coefficient (Wildman–Crippen LogP) is 2.24. The third-order valence-corrected chi connectivity index (χ3v) is 3.28. The number of nitrogens with zero attached hydrogens (tertiary/aromatic N) is 2. The van der Waals surface area contributed by atoms with Crippen LogP contribution in [0.15, 0.2) is 24.3 Å². The lowest BCUT2D eigenvalue weighted by atomic mass is 10.0. The lowest BCUT2D eigenvalue weighted by molar-refractivity contribution is 0.733. The summed E-state index contributed by atoms with van der Waals surface area (Å²) in [7, 11) is 0. The van der Waals surface area contributed by atoms with Gasteiger partial charge in [0.25, 0.3) is 0 Å². The molecule has 20 heavy (non-hydrogen) atoms. The first kappa shape index (κ1) is 14.6. The molecule has 0 bridgehead atoms. The van der Waals surface area contributed by atoms with Gasteiger partial charge in [-0.3, -0.25) is 0 Å². The smallest absolute Gasteiger partial charge is 0.222 e. The third kappa shape index (κ3) is 3.37. The molecule has 0 fully saturated rings. The zero-order valence-electron chi connectivity index (χ0n) is 11.1. The molecule has 0 amide bonds. The first-order valence-electron chi connectivity index (χ1n) is 6.49. The van der Waals surface area contributed by atoms with Gasteiger partial charge < -0.3 is 17.2 Å². The number of hydrogen-bond donors (Lipinski definition) is 3. The van der Waals surface area contributed by atoms with Gasteiger partial charge in [-0.1, -0.05) is 23.7 Å². The molecule has 5 nitrogen and oxygen atoms in total. The summed E-state index contributed by atoms with van der Waals surface area (Å²) in [5.74, 6) is 0.588. The third-order valence-electron chi connectivity index (χ3n) is 3.03. The molecule has 1 aromatic carbocycles. The van der Waals surface area contributed by atoms with Gasteiger partial charge in [0, 0.05) is 10.6 Å². The molecule has 0 aliphatic rings. The first-order chi connectivity index (χ1) is 9.61. The number of rotatable bonds is 5. The Balaban J connectivity index is 2.41. The van der Waals surface area contributed by atoms with Gasteiger partial charge in [-0.05, 0) is 43.5 Å². The minimum atomic E-state index is 0.197. The molecular formula is C14H18ClN5. The van der Waals surface area contributed by atoms with Gasteiger partial charge in [-0.15, -0.1) is 0 Å². The standard InChI is InChI=1S/C14H18ClN5/c15-10-6-4-9(5-7-10)12-11(3-1-2-8-16)19-14(18)20-13(12)17/h4-7H,1-3,8,16H2,(H4,17,18,19,20). The molecule has 1 heterocycles. The van der Waals surface area contributed by atoms with E-state index in [-0.39, 0.29) is 5.95 Å². The Hall–Kier alpha value is -1.85. The van der Waals surface area contributed by atoms with Crippen molar-refractivity contribution in [3.8, 4) is 11.1 Å². The maximum atomic E-state index is 6.01. The van der Waals surface area contributed by atoms with Crippen molar-refractivity contribution in [2.75, 3.05) is 18.0 Å². The van der Waals surface area contributed by atoms with Crippen LogP contribution >= 0.6 is 11.6 Å². The highest BCUT2D eigenvalue weighted by Crippen LogP contribution is 2.30. The molecule has 0 aliphatic heterocycles. The van der Waals surface area contributed by atoms with Crippen LogP contribution in [0.2, 0.25) is 5.02 Å². The fraction of sp³-hybridized carbons (Fsp3) is 0.286. The summed E-state index contributed by atoms with van der Waals surface area (Å²) in [6.45, 7) is 0.659. The summed E-state index contributed by atoms with van der Waals surface area (Å²) in [6.07, 6.45) is 2.64. The van der Waals surface area contributed by atoms with Gasteiger partial charge in [0.05, 0.1) is 5.69 Å². The van der Waals surface area contributed by atoms with E-state index in [0.29, 0.717) is 17.4 Å². The zero-order valence-corrected chi connectivity index (χ0v) is 11.9. The SMILES string of the molecule is NCCCCc1nc(N)nc(N)c1-c1ccc(Cl)cc1. The van der Waals surface area contributed by atoms with Crippen LogP contribution in [0, 0.1) is 0 Å². The second kappa shape index (κ2) is 6.54. The van der Waals surface area contributed by atoms with E-state index in [1.165, 1.54) is 0 Å². The predicted molar refractivity (Wildman–Crippen MR) is 83.3 cm³/mol. The average Bonchev–Trinajstić information content (AvgIpc) is 2.40. The van der Waals surface area contributed by atoms with Crippen LogP contribution in [0.5, 0.6) is 0 Å². The van der Waals surface area contributed by atoms with Gasteiger partial charge >= 0.3 is 0 Å². The van der Waals surface area contributed by atoms with Crippen molar-refractivity contribution in [1.29, 1.82) is 0 Å². The van der Waals surface area contributed by atoms with Crippen LogP contribution in [0.25, 0.3) is 11.1 Å². The minimum absolute atomic E-state index is 0.197. The average molecular weight is 292 g/mol. The van der Waals surface area contributed by atoms with Crippen LogP contribution in [-0.2, 0) is 6.42 Å². The Morgan fingerprint density at radius 2 is 1.70 bits per heavy atom. The topological polar surface area (TPSA) is 104 Å². The van der Waals surface area contributed by atoms with E-state index in [2.05, 4.69) is 9.97 Å². The number of benzene rings is 1. The maximum absolute atomic E-state index is 6.01. The highest BCUT2D eigenvalue weighted by molar-refractivity contribution is 6.30. The van der Waals surface area contributed by atoms with Gasteiger partial charge in [-0.25, -0.2) is 4.98 Å². The van der Waals surface area contributed by atoms with E-state index in [1.54, 1.807) is 0 Å². The number of anilines is 2. The Kier molecular flexibility index (Phi) is 4.76. The van der Waals surface area contributed by atoms with Gasteiger partial charge in [-0.2, -0.15) is 4.98 Å². The summed E-state index contributed by atoms with van der Waals surface area (Å²) in [5.41, 5.74) is 19.8.